The number of hydrogen-bond donors (Lipinski definition) is 4. The number of carbonyl (C=O) groups is 1. The predicted molar refractivity (Wildman–Crippen MR) is 123 cm³/mol. The van der Waals surface area contributed by atoms with Crippen molar-refractivity contribution in [3.63, 3.8) is 0 Å². The SMILES string of the molecule is O=C1NCC2(CN(CC(O)COc3ccc4ccc(-c5ccccc5CO)cc4c3)C2)N1. The van der Waals surface area contributed by atoms with Crippen LogP contribution in [0.1, 0.15) is 5.56 Å². The molecule has 2 fully saturated rings. The predicted octanol–water partition coefficient (Wildman–Crippen LogP) is 2.11. The van der Waals surface area contributed by atoms with E-state index in [-0.39, 0.29) is 24.8 Å². The van der Waals surface area contributed by atoms with E-state index in [9.17, 15) is 15.0 Å². The first-order chi connectivity index (χ1) is 15.5. The Kier molecular flexibility index (Phi) is 5.46. The molecule has 0 radical (unpaired) electrons. The van der Waals surface area contributed by atoms with E-state index < -0.39 is 6.10 Å². The molecule has 2 aliphatic heterocycles. The van der Waals surface area contributed by atoms with Crippen LogP contribution < -0.4 is 15.4 Å². The molecule has 0 aromatic heterocycles. The minimum Gasteiger partial charge on any atom is -0.491 e. The van der Waals surface area contributed by atoms with E-state index in [1.807, 2.05) is 42.5 Å². The summed E-state index contributed by atoms with van der Waals surface area (Å²) in [5.74, 6) is 0.705. The highest BCUT2D eigenvalue weighted by Crippen LogP contribution is 2.29. The van der Waals surface area contributed by atoms with E-state index in [2.05, 4.69) is 33.7 Å². The van der Waals surface area contributed by atoms with E-state index in [0.29, 0.717) is 18.8 Å². The lowest BCUT2D eigenvalue weighted by atomic mass is 9.91. The first-order valence-corrected chi connectivity index (χ1v) is 10.9. The van der Waals surface area contributed by atoms with Gasteiger partial charge in [-0.2, -0.15) is 0 Å². The van der Waals surface area contributed by atoms with Gasteiger partial charge >= 0.3 is 6.03 Å². The second-order valence-electron chi connectivity index (χ2n) is 8.76. The summed E-state index contributed by atoms with van der Waals surface area (Å²) in [5, 5.41) is 27.9. The molecule has 3 aromatic carbocycles. The molecule has 1 atom stereocenters. The van der Waals surface area contributed by atoms with Gasteiger partial charge in [-0.25, -0.2) is 4.79 Å². The number of hydrogen-bond acceptors (Lipinski definition) is 5. The first-order valence-electron chi connectivity index (χ1n) is 10.9. The van der Waals surface area contributed by atoms with E-state index in [0.717, 1.165) is 40.6 Å². The summed E-state index contributed by atoms with van der Waals surface area (Å²) in [6.45, 7) is 2.81. The van der Waals surface area contributed by atoms with Gasteiger partial charge in [0.1, 0.15) is 18.5 Å². The number of urea groups is 1. The van der Waals surface area contributed by atoms with Crippen molar-refractivity contribution in [2.24, 2.45) is 0 Å². The van der Waals surface area contributed by atoms with Crippen molar-refractivity contribution in [2.75, 3.05) is 32.8 Å². The van der Waals surface area contributed by atoms with Crippen LogP contribution >= 0.6 is 0 Å². The number of likely N-dealkylation sites (tertiary alicyclic amines) is 1. The fourth-order valence-corrected chi connectivity index (χ4v) is 4.67. The zero-order chi connectivity index (χ0) is 22.1. The zero-order valence-electron chi connectivity index (χ0n) is 17.8. The van der Waals surface area contributed by atoms with Crippen LogP contribution in [0.2, 0.25) is 0 Å². The van der Waals surface area contributed by atoms with Gasteiger partial charge in [0.25, 0.3) is 0 Å². The number of benzene rings is 3. The highest BCUT2D eigenvalue weighted by Gasteiger charge is 2.47. The summed E-state index contributed by atoms with van der Waals surface area (Å²) in [7, 11) is 0. The van der Waals surface area contributed by atoms with Crippen molar-refractivity contribution in [1.29, 1.82) is 0 Å². The lowest BCUT2D eigenvalue weighted by Gasteiger charge is -2.47. The van der Waals surface area contributed by atoms with E-state index >= 15 is 0 Å². The third-order valence-electron chi connectivity index (χ3n) is 6.24. The summed E-state index contributed by atoms with van der Waals surface area (Å²) < 4.78 is 5.87. The number of carbonyl (C=O) groups excluding carboxylic acids is 1. The zero-order valence-corrected chi connectivity index (χ0v) is 17.8. The summed E-state index contributed by atoms with van der Waals surface area (Å²) in [6, 6.07) is 19.8. The van der Waals surface area contributed by atoms with Crippen molar-refractivity contribution in [3.8, 4) is 16.9 Å². The molecule has 0 aliphatic carbocycles. The molecule has 1 unspecified atom stereocenters. The van der Waals surface area contributed by atoms with Gasteiger partial charge in [0, 0.05) is 26.2 Å². The van der Waals surface area contributed by atoms with Gasteiger partial charge in [-0.1, -0.05) is 42.5 Å². The van der Waals surface area contributed by atoms with Crippen molar-refractivity contribution in [3.05, 3.63) is 66.2 Å². The monoisotopic (exact) mass is 433 g/mol. The standard InChI is InChI=1S/C25H27N3O4/c29-12-19-3-1-2-4-23(19)18-6-5-17-7-8-22(10-20(17)9-18)32-13-21(30)11-28-15-25(16-28)14-26-24(31)27-25/h1-10,21,29-30H,11-16H2,(H2,26,27,31). The van der Waals surface area contributed by atoms with Crippen molar-refractivity contribution < 1.29 is 19.7 Å². The molecule has 0 bridgehead atoms. The number of aliphatic hydroxyl groups excluding tert-OH is 2. The molecule has 3 aromatic rings. The van der Waals surface area contributed by atoms with Gasteiger partial charge < -0.3 is 25.6 Å². The van der Waals surface area contributed by atoms with Crippen LogP contribution in [0.4, 0.5) is 4.79 Å². The van der Waals surface area contributed by atoms with Crippen LogP contribution in [0.5, 0.6) is 5.75 Å². The molecule has 2 heterocycles. The smallest absolute Gasteiger partial charge is 0.315 e. The number of nitrogens with zero attached hydrogens (tertiary/aromatic N) is 1. The summed E-state index contributed by atoms with van der Waals surface area (Å²) in [6.07, 6.45) is -0.615. The Morgan fingerprint density at radius 2 is 1.88 bits per heavy atom. The minimum atomic E-state index is -0.615. The molecule has 2 amide bonds. The number of nitrogens with one attached hydrogen (secondary N) is 2. The number of fused-ring (bicyclic) bond motifs is 1. The summed E-state index contributed by atoms with van der Waals surface area (Å²) in [4.78, 5) is 13.5. The molecule has 32 heavy (non-hydrogen) atoms. The van der Waals surface area contributed by atoms with Gasteiger partial charge in [-0.05, 0) is 45.7 Å². The topological polar surface area (TPSA) is 94.1 Å². The van der Waals surface area contributed by atoms with Crippen LogP contribution in [0.25, 0.3) is 21.9 Å². The number of rotatable bonds is 7. The average molecular weight is 434 g/mol. The third-order valence-corrected chi connectivity index (χ3v) is 6.24. The Morgan fingerprint density at radius 3 is 2.66 bits per heavy atom. The van der Waals surface area contributed by atoms with Crippen LogP contribution in [0.15, 0.2) is 60.7 Å². The molecule has 166 valence electrons. The number of β-amino-alcohol motifs (C(OH)–C–C–N with tert-alkyl or cyclic N) is 1. The van der Waals surface area contributed by atoms with Gasteiger partial charge in [0.2, 0.25) is 0 Å². The maximum Gasteiger partial charge on any atom is 0.315 e. The molecule has 2 aliphatic rings. The van der Waals surface area contributed by atoms with Crippen LogP contribution in [-0.2, 0) is 6.61 Å². The van der Waals surface area contributed by atoms with E-state index in [1.54, 1.807) is 0 Å². The Morgan fingerprint density at radius 1 is 1.06 bits per heavy atom. The molecule has 0 saturated carbocycles. The lowest BCUT2D eigenvalue weighted by molar-refractivity contribution is 0.00543. The van der Waals surface area contributed by atoms with Crippen LogP contribution in [0, 0.1) is 0 Å². The first kappa shape index (κ1) is 20.8. The van der Waals surface area contributed by atoms with Gasteiger partial charge in [-0.3, -0.25) is 4.90 Å². The van der Waals surface area contributed by atoms with Gasteiger partial charge in [0.05, 0.1) is 12.1 Å². The van der Waals surface area contributed by atoms with Crippen LogP contribution in [-0.4, -0.2) is 65.6 Å². The highest BCUT2D eigenvalue weighted by atomic mass is 16.5. The molecular weight excluding hydrogens is 406 g/mol. The van der Waals surface area contributed by atoms with Crippen LogP contribution in [0.3, 0.4) is 0 Å². The summed E-state index contributed by atoms with van der Waals surface area (Å²) >= 11 is 0. The molecule has 4 N–H and O–H groups in total. The largest absolute Gasteiger partial charge is 0.491 e. The third kappa shape index (κ3) is 4.14. The molecule has 7 heteroatoms. The van der Waals surface area contributed by atoms with E-state index in [4.69, 9.17) is 4.74 Å². The Labute approximate surface area is 186 Å². The molecule has 7 nitrogen and oxygen atoms in total. The van der Waals surface area contributed by atoms with Gasteiger partial charge in [-0.15, -0.1) is 0 Å². The fourth-order valence-electron chi connectivity index (χ4n) is 4.67. The quantitative estimate of drug-likeness (QED) is 0.458. The maximum atomic E-state index is 11.3. The van der Waals surface area contributed by atoms with E-state index in [1.165, 1.54) is 0 Å². The average Bonchev–Trinajstić information content (AvgIpc) is 3.18. The second-order valence-corrected chi connectivity index (χ2v) is 8.76. The summed E-state index contributed by atoms with van der Waals surface area (Å²) in [5.41, 5.74) is 2.77. The molecule has 2 saturated heterocycles. The Balaban J connectivity index is 1.21. The number of aliphatic hydroxyl groups is 2. The lowest BCUT2D eigenvalue weighted by Crippen LogP contribution is -2.69. The normalized spacial score (nSPS) is 18.2. The molecule has 1 spiro atoms. The maximum absolute atomic E-state index is 11.3. The Hall–Kier alpha value is -3.13. The van der Waals surface area contributed by atoms with Crippen molar-refractivity contribution in [1.82, 2.24) is 15.5 Å². The van der Waals surface area contributed by atoms with Crippen molar-refractivity contribution >= 4 is 16.8 Å². The second kappa shape index (κ2) is 8.43. The molecule has 5 rings (SSSR count). The van der Waals surface area contributed by atoms with Crippen molar-refractivity contribution in [2.45, 2.75) is 18.2 Å². The fraction of sp³-hybridized carbons (Fsp3) is 0.320. The Bertz CT molecular complexity index is 1140. The minimum absolute atomic E-state index is 0.00370. The number of ether oxygens (including phenoxy) is 1. The van der Waals surface area contributed by atoms with Gasteiger partial charge in [0.15, 0.2) is 0 Å². The highest BCUT2D eigenvalue weighted by molar-refractivity contribution is 5.88. The number of amides is 2. The molecular formula is C25H27N3O4.